The molecule has 5 nitrogen and oxygen atoms in total. The van der Waals surface area contributed by atoms with E-state index < -0.39 is 23.4 Å². The number of benzene rings is 1. The number of halogens is 1. The Morgan fingerprint density at radius 1 is 1.40 bits per heavy atom. The molecule has 1 rings (SSSR count). The summed E-state index contributed by atoms with van der Waals surface area (Å²) in [5, 5.41) is 13.2. The van der Waals surface area contributed by atoms with E-state index in [9.17, 15) is 14.0 Å². The van der Waals surface area contributed by atoms with Crippen molar-refractivity contribution >= 4 is 17.7 Å². The van der Waals surface area contributed by atoms with Crippen LogP contribution in [0.15, 0.2) is 18.2 Å². The summed E-state index contributed by atoms with van der Waals surface area (Å²) in [6, 6.07) is 3.02. The van der Waals surface area contributed by atoms with Crippen LogP contribution < -0.4 is 10.6 Å². The Morgan fingerprint density at radius 2 is 2.07 bits per heavy atom. The number of anilines is 1. The van der Waals surface area contributed by atoms with Gasteiger partial charge in [-0.15, -0.1) is 0 Å². The Morgan fingerprint density at radius 3 is 2.60 bits per heavy atom. The molecule has 0 heterocycles. The van der Waals surface area contributed by atoms with Crippen molar-refractivity contribution < 1.29 is 19.1 Å². The summed E-state index contributed by atoms with van der Waals surface area (Å²) in [5.41, 5.74) is -0.636. The smallest absolute Gasteiger partial charge is 0.340 e. The molecule has 1 aromatic carbocycles. The minimum Gasteiger partial charge on any atom is -0.478 e. The number of carboxylic acid groups (broad SMARTS) is 1. The standard InChI is InChI=1S/C9H9FN2O3/c1-11-9(15)12-6-4-2-3-5(10)7(6)8(13)14/h2-4H,1H3,(H,13,14)(H2,11,12,15). The molecule has 0 radical (unpaired) electrons. The maximum atomic E-state index is 13.1. The number of rotatable bonds is 2. The zero-order valence-corrected chi connectivity index (χ0v) is 7.87. The SMILES string of the molecule is CNC(=O)Nc1cccc(F)c1C(=O)O. The molecule has 0 bridgehead atoms. The van der Waals surface area contributed by atoms with E-state index in [0.29, 0.717) is 0 Å². The van der Waals surface area contributed by atoms with Crippen LogP contribution in [0.5, 0.6) is 0 Å². The van der Waals surface area contributed by atoms with Gasteiger partial charge in [-0.25, -0.2) is 14.0 Å². The fraction of sp³-hybridized carbons (Fsp3) is 0.111. The van der Waals surface area contributed by atoms with Gasteiger partial charge in [0.25, 0.3) is 0 Å². The minimum absolute atomic E-state index is 0.0816. The molecule has 0 aliphatic carbocycles. The topological polar surface area (TPSA) is 78.4 Å². The summed E-state index contributed by atoms with van der Waals surface area (Å²) >= 11 is 0. The van der Waals surface area contributed by atoms with Gasteiger partial charge in [0.2, 0.25) is 0 Å². The summed E-state index contributed by atoms with van der Waals surface area (Å²) in [6.07, 6.45) is 0. The molecule has 0 aliphatic rings. The summed E-state index contributed by atoms with van der Waals surface area (Å²) in [4.78, 5) is 21.6. The molecule has 0 aliphatic heterocycles. The zero-order valence-electron chi connectivity index (χ0n) is 7.87. The van der Waals surface area contributed by atoms with Crippen LogP contribution in [0.1, 0.15) is 10.4 Å². The van der Waals surface area contributed by atoms with Gasteiger partial charge in [0.1, 0.15) is 11.4 Å². The molecular weight excluding hydrogens is 203 g/mol. The number of hydrogen-bond donors (Lipinski definition) is 3. The quantitative estimate of drug-likeness (QED) is 0.690. The number of nitrogens with one attached hydrogen (secondary N) is 2. The van der Waals surface area contributed by atoms with Crippen LogP contribution in [-0.4, -0.2) is 24.2 Å². The molecule has 0 fully saturated rings. The molecule has 1 aromatic rings. The van der Waals surface area contributed by atoms with E-state index >= 15 is 0 Å². The molecule has 0 unspecified atom stereocenters. The zero-order chi connectivity index (χ0) is 11.4. The van der Waals surface area contributed by atoms with E-state index in [4.69, 9.17) is 5.11 Å². The van der Waals surface area contributed by atoms with E-state index in [2.05, 4.69) is 10.6 Å². The molecule has 0 atom stereocenters. The van der Waals surface area contributed by atoms with Crippen molar-refractivity contribution in [3.63, 3.8) is 0 Å². The summed E-state index contributed by atoms with van der Waals surface area (Å²) in [6.45, 7) is 0. The van der Waals surface area contributed by atoms with E-state index in [1.54, 1.807) is 0 Å². The van der Waals surface area contributed by atoms with E-state index in [0.717, 1.165) is 6.07 Å². The number of carbonyl (C=O) groups excluding carboxylic acids is 1. The molecular formula is C9H9FN2O3. The second-order valence-corrected chi connectivity index (χ2v) is 2.67. The Balaban J connectivity index is 3.11. The second kappa shape index (κ2) is 4.41. The van der Waals surface area contributed by atoms with Crippen LogP contribution >= 0.6 is 0 Å². The van der Waals surface area contributed by atoms with Gasteiger partial charge in [0.15, 0.2) is 0 Å². The van der Waals surface area contributed by atoms with Gasteiger partial charge in [-0.3, -0.25) is 0 Å². The highest BCUT2D eigenvalue weighted by atomic mass is 19.1. The highest BCUT2D eigenvalue weighted by molar-refractivity contribution is 6.00. The highest BCUT2D eigenvalue weighted by Gasteiger charge is 2.16. The van der Waals surface area contributed by atoms with Crippen LogP contribution in [-0.2, 0) is 0 Å². The van der Waals surface area contributed by atoms with Gasteiger partial charge < -0.3 is 15.7 Å². The van der Waals surface area contributed by atoms with Gasteiger partial charge in [-0.1, -0.05) is 6.07 Å². The molecule has 0 aromatic heterocycles. The van der Waals surface area contributed by atoms with Gasteiger partial charge in [0.05, 0.1) is 5.69 Å². The van der Waals surface area contributed by atoms with Crippen molar-refractivity contribution in [3.05, 3.63) is 29.6 Å². The predicted octanol–water partition coefficient (Wildman–Crippen LogP) is 1.28. The first kappa shape index (κ1) is 11.0. The fourth-order valence-corrected chi connectivity index (χ4v) is 1.03. The first-order valence-corrected chi connectivity index (χ1v) is 4.06. The number of urea groups is 1. The fourth-order valence-electron chi connectivity index (χ4n) is 1.03. The Kier molecular flexibility index (Phi) is 3.22. The lowest BCUT2D eigenvalue weighted by Gasteiger charge is -2.07. The number of hydrogen-bond acceptors (Lipinski definition) is 2. The normalized spacial score (nSPS) is 9.47. The summed E-state index contributed by atoms with van der Waals surface area (Å²) in [7, 11) is 1.37. The second-order valence-electron chi connectivity index (χ2n) is 2.67. The largest absolute Gasteiger partial charge is 0.478 e. The van der Waals surface area contributed by atoms with Crippen LogP contribution in [0.4, 0.5) is 14.9 Å². The lowest BCUT2D eigenvalue weighted by atomic mass is 10.1. The Labute approximate surface area is 84.9 Å². The molecule has 15 heavy (non-hydrogen) atoms. The van der Waals surface area contributed by atoms with Crippen LogP contribution in [0, 0.1) is 5.82 Å². The maximum Gasteiger partial charge on any atom is 0.340 e. The Hall–Kier alpha value is -2.11. The molecule has 0 saturated carbocycles. The third-order valence-corrected chi connectivity index (χ3v) is 1.70. The first-order valence-electron chi connectivity index (χ1n) is 4.06. The van der Waals surface area contributed by atoms with Crippen LogP contribution in [0.3, 0.4) is 0 Å². The lowest BCUT2D eigenvalue weighted by molar-refractivity contribution is 0.0693. The lowest BCUT2D eigenvalue weighted by Crippen LogP contribution is -2.25. The van der Waals surface area contributed by atoms with Crippen molar-refractivity contribution in [1.29, 1.82) is 0 Å². The van der Waals surface area contributed by atoms with Crippen LogP contribution in [0.25, 0.3) is 0 Å². The van der Waals surface area contributed by atoms with Crippen molar-refractivity contribution in [3.8, 4) is 0 Å². The maximum absolute atomic E-state index is 13.1. The third kappa shape index (κ3) is 2.43. The summed E-state index contributed by atoms with van der Waals surface area (Å²) < 4.78 is 13.1. The minimum atomic E-state index is -1.43. The van der Waals surface area contributed by atoms with E-state index in [1.807, 2.05) is 0 Å². The van der Waals surface area contributed by atoms with E-state index in [-0.39, 0.29) is 5.69 Å². The number of carbonyl (C=O) groups is 2. The number of aromatic carboxylic acids is 1. The third-order valence-electron chi connectivity index (χ3n) is 1.70. The van der Waals surface area contributed by atoms with Crippen molar-refractivity contribution in [2.45, 2.75) is 0 Å². The van der Waals surface area contributed by atoms with Gasteiger partial charge in [-0.2, -0.15) is 0 Å². The first-order chi connectivity index (χ1) is 7.06. The average molecular weight is 212 g/mol. The van der Waals surface area contributed by atoms with Gasteiger partial charge in [-0.05, 0) is 12.1 Å². The number of carboxylic acids is 1. The van der Waals surface area contributed by atoms with Crippen molar-refractivity contribution in [2.24, 2.45) is 0 Å². The monoisotopic (exact) mass is 212 g/mol. The highest BCUT2D eigenvalue weighted by Crippen LogP contribution is 2.18. The van der Waals surface area contributed by atoms with E-state index in [1.165, 1.54) is 19.2 Å². The molecule has 0 spiro atoms. The molecule has 3 N–H and O–H groups in total. The molecule has 80 valence electrons. The molecule has 6 heteroatoms. The van der Waals surface area contributed by atoms with Gasteiger partial charge >= 0.3 is 12.0 Å². The molecule has 2 amide bonds. The van der Waals surface area contributed by atoms with Crippen molar-refractivity contribution in [1.82, 2.24) is 5.32 Å². The summed E-state index contributed by atoms with van der Waals surface area (Å²) in [5.74, 6) is -2.32. The van der Waals surface area contributed by atoms with Crippen molar-refractivity contribution in [2.75, 3.05) is 12.4 Å². The van der Waals surface area contributed by atoms with Gasteiger partial charge in [0, 0.05) is 7.05 Å². The number of amides is 2. The predicted molar refractivity (Wildman–Crippen MR) is 51.4 cm³/mol. The average Bonchev–Trinajstić information content (AvgIpc) is 2.17. The molecule has 0 saturated heterocycles. The Bertz CT molecular complexity index is 406. The van der Waals surface area contributed by atoms with Crippen LogP contribution in [0.2, 0.25) is 0 Å².